The van der Waals surface area contributed by atoms with Crippen molar-refractivity contribution in [3.05, 3.63) is 59.4 Å². The van der Waals surface area contributed by atoms with E-state index in [2.05, 4.69) is 10.9 Å². The lowest BCUT2D eigenvalue weighted by Crippen LogP contribution is -2.44. The molecule has 2 aromatic carbocycles. The second-order valence-electron chi connectivity index (χ2n) is 6.29. The predicted molar refractivity (Wildman–Crippen MR) is 109 cm³/mol. The van der Waals surface area contributed by atoms with E-state index >= 15 is 0 Å². The van der Waals surface area contributed by atoms with Crippen LogP contribution in [0.5, 0.6) is 5.75 Å². The molecule has 0 radical (unpaired) electrons. The van der Waals surface area contributed by atoms with Crippen molar-refractivity contribution < 1.29 is 27.1 Å². The van der Waals surface area contributed by atoms with Crippen LogP contribution in [0.3, 0.4) is 0 Å². The zero-order valence-electron chi connectivity index (χ0n) is 16.9. The fourth-order valence-corrected chi connectivity index (χ4v) is 4.37. The first-order valence-electron chi connectivity index (χ1n) is 9.28. The maximum absolute atomic E-state index is 13.5. The van der Waals surface area contributed by atoms with Gasteiger partial charge in [-0.3, -0.25) is 20.4 Å². The number of carbonyl (C=O) groups is 2. The number of rotatable bonds is 8. The Morgan fingerprint density at radius 2 is 1.73 bits per heavy atom. The molecule has 0 saturated heterocycles. The third kappa shape index (κ3) is 5.55. The van der Waals surface area contributed by atoms with Gasteiger partial charge in [0, 0.05) is 18.7 Å². The number of benzene rings is 2. The van der Waals surface area contributed by atoms with Gasteiger partial charge in [-0.2, -0.15) is 4.31 Å². The maximum Gasteiger partial charge on any atom is 0.276 e. The Kier molecular flexibility index (Phi) is 7.90. The number of hydrogen-bond donors (Lipinski definition) is 2. The lowest BCUT2D eigenvalue weighted by molar-refractivity contribution is -0.123. The van der Waals surface area contributed by atoms with Crippen LogP contribution in [0.1, 0.15) is 29.8 Å². The van der Waals surface area contributed by atoms with Crippen molar-refractivity contribution in [1.82, 2.24) is 15.2 Å². The number of amides is 2. The number of nitrogens with zero attached hydrogens (tertiary/aromatic N) is 1. The molecule has 10 heteroatoms. The summed E-state index contributed by atoms with van der Waals surface area (Å²) >= 11 is 0. The number of halogens is 1. The lowest BCUT2D eigenvalue weighted by atomic mass is 10.1. The topological polar surface area (TPSA) is 105 Å². The number of hydrazine groups is 1. The zero-order valence-corrected chi connectivity index (χ0v) is 17.8. The minimum absolute atomic E-state index is 0.0214. The van der Waals surface area contributed by atoms with Crippen LogP contribution >= 0.6 is 0 Å². The maximum atomic E-state index is 13.5. The molecular weight excluding hydrogens is 413 g/mol. The van der Waals surface area contributed by atoms with Crippen molar-refractivity contribution in [2.24, 2.45) is 0 Å². The number of nitrogens with one attached hydrogen (secondary N) is 2. The van der Waals surface area contributed by atoms with Gasteiger partial charge in [-0.05, 0) is 36.8 Å². The summed E-state index contributed by atoms with van der Waals surface area (Å²) in [4.78, 5) is 24.2. The largest absolute Gasteiger partial charge is 0.481 e. The van der Waals surface area contributed by atoms with Gasteiger partial charge in [0.05, 0.1) is 4.90 Å². The summed E-state index contributed by atoms with van der Waals surface area (Å²) in [5, 5.41) is 0. The second-order valence-corrected chi connectivity index (χ2v) is 8.20. The molecule has 0 aliphatic carbocycles. The fraction of sp³-hybridized carbons (Fsp3) is 0.300. The van der Waals surface area contributed by atoms with Crippen molar-refractivity contribution in [1.29, 1.82) is 0 Å². The molecule has 0 spiro atoms. The smallest absolute Gasteiger partial charge is 0.276 e. The molecule has 0 saturated carbocycles. The van der Waals surface area contributed by atoms with Crippen LogP contribution in [0.25, 0.3) is 0 Å². The van der Waals surface area contributed by atoms with Crippen molar-refractivity contribution in [3.8, 4) is 5.75 Å². The SMILES string of the molecule is CCN(CC)S(=O)(=O)c1cc(C(=O)NNC(=O)COc2ccccc2F)ccc1C. The number of sulfonamides is 1. The second kappa shape index (κ2) is 10.2. The number of carbonyl (C=O) groups excluding carboxylic acids is 2. The van der Waals surface area contributed by atoms with Gasteiger partial charge in [-0.25, -0.2) is 12.8 Å². The first-order valence-corrected chi connectivity index (χ1v) is 10.7. The fourth-order valence-electron chi connectivity index (χ4n) is 2.66. The molecule has 0 aromatic heterocycles. The summed E-state index contributed by atoms with van der Waals surface area (Å²) in [6.45, 7) is 5.17. The average Bonchev–Trinajstić information content (AvgIpc) is 2.72. The highest BCUT2D eigenvalue weighted by Gasteiger charge is 2.24. The van der Waals surface area contributed by atoms with E-state index in [0.717, 1.165) is 0 Å². The Labute approximate surface area is 175 Å². The molecule has 0 aliphatic heterocycles. The minimum atomic E-state index is -3.75. The van der Waals surface area contributed by atoms with Gasteiger partial charge in [0.15, 0.2) is 18.2 Å². The van der Waals surface area contributed by atoms with Gasteiger partial charge in [0.25, 0.3) is 11.8 Å². The summed E-state index contributed by atoms with van der Waals surface area (Å²) in [6.07, 6.45) is 0. The Bertz CT molecular complexity index is 1020. The van der Waals surface area contributed by atoms with Crippen LogP contribution in [0.15, 0.2) is 47.4 Å². The van der Waals surface area contributed by atoms with Crippen molar-refractivity contribution in [2.45, 2.75) is 25.7 Å². The normalized spacial score (nSPS) is 11.2. The van der Waals surface area contributed by atoms with Gasteiger partial charge in [-0.1, -0.05) is 32.0 Å². The summed E-state index contributed by atoms with van der Waals surface area (Å²) < 4.78 is 45.4. The van der Waals surface area contributed by atoms with Crippen LogP contribution < -0.4 is 15.6 Å². The Balaban J connectivity index is 2.03. The molecule has 0 bridgehead atoms. The number of aryl methyl sites for hydroxylation is 1. The highest BCUT2D eigenvalue weighted by molar-refractivity contribution is 7.89. The van der Waals surface area contributed by atoms with E-state index in [-0.39, 0.29) is 16.2 Å². The van der Waals surface area contributed by atoms with Gasteiger partial charge in [-0.15, -0.1) is 0 Å². The Hall–Kier alpha value is -2.98. The van der Waals surface area contributed by atoms with E-state index < -0.39 is 34.3 Å². The minimum Gasteiger partial charge on any atom is -0.481 e. The molecule has 8 nitrogen and oxygen atoms in total. The monoisotopic (exact) mass is 437 g/mol. The van der Waals surface area contributed by atoms with E-state index in [1.807, 2.05) is 0 Å². The number of ether oxygens (including phenoxy) is 1. The van der Waals surface area contributed by atoms with Crippen LogP contribution in [-0.4, -0.2) is 44.2 Å². The van der Waals surface area contributed by atoms with E-state index in [1.54, 1.807) is 26.8 Å². The van der Waals surface area contributed by atoms with Crippen LogP contribution in [0, 0.1) is 12.7 Å². The molecule has 0 unspecified atom stereocenters. The molecule has 2 N–H and O–H groups in total. The Morgan fingerprint density at radius 1 is 1.07 bits per heavy atom. The van der Waals surface area contributed by atoms with Gasteiger partial charge in [0.2, 0.25) is 10.0 Å². The molecule has 2 amide bonds. The lowest BCUT2D eigenvalue weighted by Gasteiger charge is -2.20. The van der Waals surface area contributed by atoms with Crippen molar-refractivity contribution in [2.75, 3.05) is 19.7 Å². The summed E-state index contributed by atoms with van der Waals surface area (Å²) in [6, 6.07) is 9.84. The molecule has 2 aromatic rings. The van der Waals surface area contributed by atoms with E-state index in [1.165, 1.54) is 40.7 Å². The molecule has 30 heavy (non-hydrogen) atoms. The third-order valence-electron chi connectivity index (χ3n) is 4.28. The van der Waals surface area contributed by atoms with Crippen molar-refractivity contribution in [3.63, 3.8) is 0 Å². The number of para-hydroxylation sites is 1. The standard InChI is InChI=1S/C20H24FN3O5S/c1-4-24(5-2)30(27,28)18-12-15(11-10-14(18)3)20(26)23-22-19(25)13-29-17-9-7-6-8-16(17)21/h6-12H,4-5,13H2,1-3H3,(H,22,25)(H,23,26). The first-order chi connectivity index (χ1) is 14.2. The van der Waals surface area contributed by atoms with Gasteiger partial charge < -0.3 is 4.74 Å². The molecule has 2 rings (SSSR count). The summed E-state index contributed by atoms with van der Waals surface area (Å²) in [5.41, 5.74) is 4.88. The van der Waals surface area contributed by atoms with Crippen molar-refractivity contribution >= 4 is 21.8 Å². The highest BCUT2D eigenvalue weighted by Crippen LogP contribution is 2.21. The zero-order chi connectivity index (χ0) is 22.3. The quantitative estimate of drug-likeness (QED) is 0.615. The third-order valence-corrected chi connectivity index (χ3v) is 6.48. The molecule has 0 heterocycles. The molecule has 162 valence electrons. The van der Waals surface area contributed by atoms with E-state index in [4.69, 9.17) is 4.74 Å². The molecule has 0 aliphatic rings. The average molecular weight is 437 g/mol. The molecule has 0 fully saturated rings. The predicted octanol–water partition coefficient (Wildman–Crippen LogP) is 2.00. The van der Waals surface area contributed by atoms with Gasteiger partial charge >= 0.3 is 0 Å². The Morgan fingerprint density at radius 3 is 2.37 bits per heavy atom. The first kappa shape index (κ1) is 23.3. The van der Waals surface area contributed by atoms with E-state index in [9.17, 15) is 22.4 Å². The van der Waals surface area contributed by atoms with Crippen LogP contribution in [0.2, 0.25) is 0 Å². The summed E-state index contributed by atoms with van der Waals surface area (Å²) in [7, 11) is -3.75. The van der Waals surface area contributed by atoms with Gasteiger partial charge in [0.1, 0.15) is 0 Å². The molecular formula is C20H24FN3O5S. The molecule has 0 atom stereocenters. The highest BCUT2D eigenvalue weighted by atomic mass is 32.2. The van der Waals surface area contributed by atoms with E-state index in [0.29, 0.717) is 18.7 Å². The van der Waals surface area contributed by atoms with Crippen LogP contribution in [0.4, 0.5) is 4.39 Å². The summed E-state index contributed by atoms with van der Waals surface area (Å²) in [5.74, 6) is -2.13. The van der Waals surface area contributed by atoms with Crippen LogP contribution in [-0.2, 0) is 14.8 Å². The number of hydrogen-bond acceptors (Lipinski definition) is 5.